The van der Waals surface area contributed by atoms with Gasteiger partial charge in [-0.15, -0.1) is 0 Å². The maximum Gasteiger partial charge on any atom is 0.241 e. The van der Waals surface area contributed by atoms with Crippen LogP contribution >= 0.6 is 11.6 Å². The van der Waals surface area contributed by atoms with Crippen molar-refractivity contribution in [1.82, 2.24) is 15.5 Å². The number of nitrogens with zero attached hydrogens (tertiary/aromatic N) is 1. The summed E-state index contributed by atoms with van der Waals surface area (Å²) in [6, 6.07) is 7.16. The Balaban J connectivity index is 2.03. The Morgan fingerprint density at radius 2 is 2.26 bits per heavy atom. The van der Waals surface area contributed by atoms with Gasteiger partial charge in [0.2, 0.25) is 5.91 Å². The Bertz CT molecular complexity index is 446. The number of hydrogen-bond donors (Lipinski definition) is 2. The average Bonchev–Trinajstić information content (AvgIpc) is 2.26. The fraction of sp³-hybridized carbons (Fsp3) is 0.500. The van der Waals surface area contributed by atoms with Crippen LogP contribution in [0.3, 0.4) is 0 Å². The van der Waals surface area contributed by atoms with E-state index < -0.39 is 0 Å². The summed E-state index contributed by atoms with van der Waals surface area (Å²) in [5, 5.41) is 6.87. The molecule has 1 saturated heterocycles. The molecule has 2 N–H and O–H groups in total. The number of hydrogen-bond acceptors (Lipinski definition) is 3. The van der Waals surface area contributed by atoms with Crippen molar-refractivity contribution in [2.45, 2.75) is 6.04 Å². The van der Waals surface area contributed by atoms with E-state index in [-0.39, 0.29) is 11.9 Å². The fourth-order valence-corrected chi connectivity index (χ4v) is 2.39. The Kier molecular flexibility index (Phi) is 4.80. The number of carbonyl (C=O) groups is 1. The zero-order valence-corrected chi connectivity index (χ0v) is 12.1. The van der Waals surface area contributed by atoms with Gasteiger partial charge in [-0.1, -0.05) is 23.7 Å². The van der Waals surface area contributed by atoms with Crippen molar-refractivity contribution in [2.75, 3.05) is 33.7 Å². The van der Waals surface area contributed by atoms with Gasteiger partial charge in [0, 0.05) is 30.6 Å². The number of carbonyl (C=O) groups excluding carboxylic acids is 1. The quantitative estimate of drug-likeness (QED) is 0.855. The summed E-state index contributed by atoms with van der Waals surface area (Å²) >= 11 is 6.00. The minimum Gasteiger partial charge on any atom is -0.354 e. The summed E-state index contributed by atoms with van der Waals surface area (Å²) in [4.78, 5) is 14.2. The molecule has 104 valence electrons. The molecule has 4 nitrogen and oxygen atoms in total. The lowest BCUT2D eigenvalue weighted by Gasteiger charge is -2.29. The van der Waals surface area contributed by atoms with Gasteiger partial charge in [0.05, 0.1) is 0 Å². The third-order valence-electron chi connectivity index (χ3n) is 3.36. The lowest BCUT2D eigenvalue weighted by molar-refractivity contribution is -0.126. The Labute approximate surface area is 119 Å². The monoisotopic (exact) mass is 281 g/mol. The number of benzene rings is 1. The molecule has 0 radical (unpaired) electrons. The maximum absolute atomic E-state index is 12.3. The first-order valence-electron chi connectivity index (χ1n) is 6.48. The average molecular weight is 282 g/mol. The summed E-state index contributed by atoms with van der Waals surface area (Å²) in [6.45, 7) is 2.71. The van der Waals surface area contributed by atoms with Crippen LogP contribution in [0.2, 0.25) is 5.02 Å². The SMILES string of the molecule is CN(C)C(C(=O)NCC1CNC1)c1cccc(Cl)c1. The molecular formula is C14H20ClN3O. The molecule has 1 fully saturated rings. The molecule has 1 unspecified atom stereocenters. The van der Waals surface area contributed by atoms with Crippen LogP contribution in [0.15, 0.2) is 24.3 Å². The molecule has 1 aliphatic rings. The molecule has 0 spiro atoms. The standard InChI is InChI=1S/C14H20ClN3O/c1-18(2)13(11-4-3-5-12(15)6-11)14(19)17-9-10-7-16-8-10/h3-6,10,13,16H,7-9H2,1-2H3,(H,17,19). The zero-order valence-electron chi connectivity index (χ0n) is 11.3. The Morgan fingerprint density at radius 1 is 1.53 bits per heavy atom. The van der Waals surface area contributed by atoms with Crippen molar-refractivity contribution in [3.63, 3.8) is 0 Å². The summed E-state index contributed by atoms with van der Waals surface area (Å²) in [5.41, 5.74) is 0.918. The summed E-state index contributed by atoms with van der Waals surface area (Å²) in [6.07, 6.45) is 0. The molecule has 1 aliphatic heterocycles. The topological polar surface area (TPSA) is 44.4 Å². The third kappa shape index (κ3) is 3.69. The highest BCUT2D eigenvalue weighted by molar-refractivity contribution is 6.30. The second kappa shape index (κ2) is 6.37. The molecule has 5 heteroatoms. The van der Waals surface area contributed by atoms with Gasteiger partial charge in [0.15, 0.2) is 0 Å². The van der Waals surface area contributed by atoms with Gasteiger partial charge in [-0.05, 0) is 31.8 Å². The van der Waals surface area contributed by atoms with Gasteiger partial charge in [-0.2, -0.15) is 0 Å². The van der Waals surface area contributed by atoms with Crippen molar-refractivity contribution < 1.29 is 4.79 Å². The molecule has 1 aromatic rings. The molecule has 19 heavy (non-hydrogen) atoms. The van der Waals surface area contributed by atoms with E-state index in [4.69, 9.17) is 11.6 Å². The highest BCUT2D eigenvalue weighted by Crippen LogP contribution is 2.21. The summed E-state index contributed by atoms with van der Waals surface area (Å²) < 4.78 is 0. The van der Waals surface area contributed by atoms with Gasteiger partial charge in [0.1, 0.15) is 6.04 Å². The maximum atomic E-state index is 12.3. The van der Waals surface area contributed by atoms with E-state index in [0.29, 0.717) is 10.9 Å². The second-order valence-corrected chi connectivity index (χ2v) is 5.63. The van der Waals surface area contributed by atoms with Gasteiger partial charge >= 0.3 is 0 Å². The van der Waals surface area contributed by atoms with Crippen molar-refractivity contribution in [2.24, 2.45) is 5.92 Å². The summed E-state index contributed by atoms with van der Waals surface area (Å²) in [7, 11) is 3.80. The predicted molar refractivity (Wildman–Crippen MR) is 77.2 cm³/mol. The molecule has 2 rings (SSSR count). The first kappa shape index (κ1) is 14.3. The lowest BCUT2D eigenvalue weighted by Crippen LogP contribution is -2.49. The molecule has 0 aliphatic carbocycles. The molecule has 0 bridgehead atoms. The van der Waals surface area contributed by atoms with Crippen LogP contribution in [0.25, 0.3) is 0 Å². The van der Waals surface area contributed by atoms with Crippen molar-refractivity contribution in [3.05, 3.63) is 34.9 Å². The summed E-state index contributed by atoms with van der Waals surface area (Å²) in [5.74, 6) is 0.588. The first-order valence-corrected chi connectivity index (χ1v) is 6.86. The van der Waals surface area contributed by atoms with Gasteiger partial charge in [-0.3, -0.25) is 9.69 Å². The molecule has 1 heterocycles. The molecule has 1 atom stereocenters. The van der Waals surface area contributed by atoms with E-state index >= 15 is 0 Å². The highest BCUT2D eigenvalue weighted by atomic mass is 35.5. The molecule has 0 aromatic heterocycles. The largest absolute Gasteiger partial charge is 0.354 e. The van der Waals surface area contributed by atoms with Crippen molar-refractivity contribution in [3.8, 4) is 0 Å². The van der Waals surface area contributed by atoms with Crippen LogP contribution < -0.4 is 10.6 Å². The van der Waals surface area contributed by atoms with Crippen LogP contribution in [0.4, 0.5) is 0 Å². The molecule has 1 aromatic carbocycles. The van der Waals surface area contributed by atoms with Crippen LogP contribution in [0.5, 0.6) is 0 Å². The molecule has 0 saturated carbocycles. The smallest absolute Gasteiger partial charge is 0.241 e. The van der Waals surface area contributed by atoms with E-state index in [0.717, 1.165) is 25.2 Å². The minimum atomic E-state index is -0.299. The highest BCUT2D eigenvalue weighted by Gasteiger charge is 2.24. The molecular weight excluding hydrogens is 262 g/mol. The van der Waals surface area contributed by atoms with Crippen LogP contribution in [-0.4, -0.2) is 44.5 Å². The third-order valence-corrected chi connectivity index (χ3v) is 3.60. The number of halogens is 1. The lowest BCUT2D eigenvalue weighted by atomic mass is 10.0. The Hall–Kier alpha value is -1.10. The van der Waals surface area contributed by atoms with E-state index in [2.05, 4.69) is 10.6 Å². The van der Waals surface area contributed by atoms with Crippen LogP contribution in [-0.2, 0) is 4.79 Å². The number of amides is 1. The van der Waals surface area contributed by atoms with E-state index in [1.54, 1.807) is 0 Å². The number of likely N-dealkylation sites (N-methyl/N-ethyl adjacent to an activating group) is 1. The van der Waals surface area contributed by atoms with Gasteiger partial charge in [0.25, 0.3) is 0 Å². The first-order chi connectivity index (χ1) is 9.08. The van der Waals surface area contributed by atoms with Gasteiger partial charge < -0.3 is 10.6 Å². The van der Waals surface area contributed by atoms with E-state index in [1.807, 2.05) is 43.3 Å². The minimum absolute atomic E-state index is 0.0270. The zero-order chi connectivity index (χ0) is 13.8. The van der Waals surface area contributed by atoms with Crippen molar-refractivity contribution in [1.29, 1.82) is 0 Å². The fourth-order valence-electron chi connectivity index (χ4n) is 2.20. The number of rotatable bonds is 5. The normalized spacial score (nSPS) is 17.1. The second-order valence-electron chi connectivity index (χ2n) is 5.19. The van der Waals surface area contributed by atoms with Crippen LogP contribution in [0, 0.1) is 5.92 Å². The Morgan fingerprint density at radius 3 is 2.79 bits per heavy atom. The van der Waals surface area contributed by atoms with E-state index in [1.165, 1.54) is 0 Å². The predicted octanol–water partition coefficient (Wildman–Crippen LogP) is 1.28. The van der Waals surface area contributed by atoms with Crippen molar-refractivity contribution >= 4 is 17.5 Å². The van der Waals surface area contributed by atoms with Gasteiger partial charge in [-0.25, -0.2) is 0 Å². The van der Waals surface area contributed by atoms with E-state index in [9.17, 15) is 4.79 Å². The molecule has 1 amide bonds. The van der Waals surface area contributed by atoms with Crippen LogP contribution in [0.1, 0.15) is 11.6 Å². The number of nitrogens with one attached hydrogen (secondary N) is 2.